The van der Waals surface area contributed by atoms with Crippen LogP contribution in [-0.4, -0.2) is 122 Å². The summed E-state index contributed by atoms with van der Waals surface area (Å²) in [6.07, 6.45) is -9.03. The second kappa shape index (κ2) is 8.50. The minimum Gasteiger partial charge on any atom is -0.394 e. The molecule has 0 aliphatic carbocycles. The van der Waals surface area contributed by atoms with E-state index in [0.717, 1.165) is 0 Å². The second-order valence-electron chi connectivity index (χ2n) is 6.36. The van der Waals surface area contributed by atoms with Crippen molar-refractivity contribution >= 4 is 0 Å². The Balaban J connectivity index is 1.91. The van der Waals surface area contributed by atoms with Crippen molar-refractivity contribution < 1.29 is 55.1 Å². The lowest BCUT2D eigenvalue weighted by molar-refractivity contribution is -0.248. The fourth-order valence-electron chi connectivity index (χ4n) is 3.10. The van der Waals surface area contributed by atoms with Gasteiger partial charge in [-0.1, -0.05) is 0 Å². The van der Waals surface area contributed by atoms with E-state index in [2.05, 4.69) is 0 Å². The maximum absolute atomic E-state index is 10.0. The number of aliphatic hydroxyl groups is 8. The van der Waals surface area contributed by atoms with Crippen LogP contribution in [0.15, 0.2) is 0 Å². The lowest BCUT2D eigenvalue weighted by Gasteiger charge is -2.40. The molecule has 148 valence electrons. The molecule has 2 rings (SSSR count). The normalized spacial score (nSPS) is 48.0. The molecular weight excluding hydrogens is 344 g/mol. The Labute approximate surface area is 143 Å². The van der Waals surface area contributed by atoms with Gasteiger partial charge >= 0.3 is 0 Å². The van der Waals surface area contributed by atoms with Crippen molar-refractivity contribution in [2.45, 2.75) is 48.5 Å². The van der Waals surface area contributed by atoms with Crippen LogP contribution in [0.3, 0.4) is 0 Å². The van der Waals surface area contributed by atoms with Crippen LogP contribution in [0.5, 0.6) is 0 Å². The Kier molecular flexibility index (Phi) is 7.09. The van der Waals surface area contributed by atoms with Crippen molar-refractivity contribution in [2.75, 3.05) is 33.0 Å². The summed E-state index contributed by atoms with van der Waals surface area (Å²) < 4.78 is 15.7. The lowest BCUT2D eigenvalue weighted by atomic mass is 9.95. The molecule has 0 aromatic carbocycles. The zero-order valence-electron chi connectivity index (χ0n) is 13.5. The summed E-state index contributed by atoms with van der Waals surface area (Å²) >= 11 is 0. The molecule has 2 fully saturated rings. The first-order valence-electron chi connectivity index (χ1n) is 7.97. The molecule has 0 aromatic heterocycles. The Bertz CT molecular complexity index is 422. The molecule has 8 N–H and O–H groups in total. The highest BCUT2D eigenvalue weighted by Crippen LogP contribution is 2.34. The predicted octanol–water partition coefficient (Wildman–Crippen LogP) is -5.11. The molecule has 0 bridgehead atoms. The Morgan fingerprint density at radius 1 is 0.800 bits per heavy atom. The molecule has 2 heterocycles. The van der Waals surface area contributed by atoms with Crippen LogP contribution in [0.4, 0.5) is 0 Å². The van der Waals surface area contributed by atoms with E-state index in [9.17, 15) is 30.6 Å². The first kappa shape index (κ1) is 20.9. The number of hydrogen-bond acceptors (Lipinski definition) is 11. The Morgan fingerprint density at radius 2 is 1.40 bits per heavy atom. The monoisotopic (exact) mass is 370 g/mol. The van der Waals surface area contributed by atoms with Gasteiger partial charge in [0.15, 0.2) is 0 Å². The minimum absolute atomic E-state index is 0.205. The first-order valence-corrected chi connectivity index (χ1v) is 7.97. The SMILES string of the molecule is OCC1O[C@@](O)(CO)C(O)[C@H]1COC[C@@H]1OC(CO)[C@H](O)[C@H](O)C1O. The molecule has 0 radical (unpaired) electrons. The molecule has 2 aliphatic heterocycles. The summed E-state index contributed by atoms with van der Waals surface area (Å²) in [7, 11) is 0. The molecule has 9 atom stereocenters. The van der Waals surface area contributed by atoms with Crippen molar-refractivity contribution in [3.8, 4) is 0 Å². The summed E-state index contributed by atoms with van der Waals surface area (Å²) in [5.74, 6) is -3.06. The van der Waals surface area contributed by atoms with Gasteiger partial charge < -0.3 is 55.1 Å². The molecule has 11 heteroatoms. The fourth-order valence-corrected chi connectivity index (χ4v) is 3.10. The highest BCUT2D eigenvalue weighted by molar-refractivity contribution is 4.95. The molecule has 0 amide bonds. The quantitative estimate of drug-likeness (QED) is 0.214. The van der Waals surface area contributed by atoms with Crippen LogP contribution in [0.25, 0.3) is 0 Å². The van der Waals surface area contributed by atoms with E-state index < -0.39 is 74.3 Å². The third kappa shape index (κ3) is 4.12. The smallest absolute Gasteiger partial charge is 0.216 e. The van der Waals surface area contributed by atoms with E-state index in [1.165, 1.54) is 0 Å². The summed E-state index contributed by atoms with van der Waals surface area (Å²) in [5.41, 5.74) is 0. The predicted molar refractivity (Wildman–Crippen MR) is 78.1 cm³/mol. The summed E-state index contributed by atoms with van der Waals surface area (Å²) in [4.78, 5) is 0. The van der Waals surface area contributed by atoms with Crippen molar-refractivity contribution in [1.29, 1.82) is 0 Å². The van der Waals surface area contributed by atoms with Gasteiger partial charge in [-0.2, -0.15) is 0 Å². The highest BCUT2D eigenvalue weighted by atomic mass is 16.7. The maximum atomic E-state index is 10.0. The number of hydrogen-bond donors (Lipinski definition) is 8. The first-order chi connectivity index (χ1) is 11.8. The number of rotatable bonds is 7. The summed E-state index contributed by atoms with van der Waals surface area (Å²) in [5, 5.41) is 76.8. The van der Waals surface area contributed by atoms with Crippen LogP contribution in [0.2, 0.25) is 0 Å². The van der Waals surface area contributed by atoms with E-state index in [1.807, 2.05) is 0 Å². The molecule has 0 saturated carbocycles. The zero-order chi connectivity index (χ0) is 18.8. The number of ether oxygens (including phenoxy) is 3. The van der Waals surface area contributed by atoms with Crippen LogP contribution in [0.1, 0.15) is 0 Å². The van der Waals surface area contributed by atoms with Gasteiger partial charge in [-0.15, -0.1) is 0 Å². The summed E-state index contributed by atoms with van der Waals surface area (Å²) in [6, 6.07) is 0. The molecule has 0 aromatic rings. The largest absolute Gasteiger partial charge is 0.394 e. The van der Waals surface area contributed by atoms with E-state index in [4.69, 9.17) is 24.4 Å². The molecule has 2 aliphatic rings. The maximum Gasteiger partial charge on any atom is 0.216 e. The van der Waals surface area contributed by atoms with Gasteiger partial charge in [0.1, 0.15) is 36.6 Å². The van der Waals surface area contributed by atoms with E-state index in [-0.39, 0.29) is 13.2 Å². The van der Waals surface area contributed by atoms with Gasteiger partial charge in [-0.25, -0.2) is 0 Å². The molecule has 11 nitrogen and oxygen atoms in total. The van der Waals surface area contributed by atoms with E-state index >= 15 is 0 Å². The lowest BCUT2D eigenvalue weighted by Crippen LogP contribution is -2.59. The average molecular weight is 370 g/mol. The molecule has 25 heavy (non-hydrogen) atoms. The molecule has 4 unspecified atom stereocenters. The fraction of sp³-hybridized carbons (Fsp3) is 1.00. The standard InChI is InChI=1S/C14H26O11/c15-1-7-6(13(21)14(22,5-17)25-7)3-23-4-9-11(19)12(20)10(18)8(2-16)24-9/h6-13,15-22H,1-5H2/t6-,7?,8?,9-,10-,11?,12-,13?,14-/m0/s1. The van der Waals surface area contributed by atoms with Gasteiger partial charge in [-0.3, -0.25) is 0 Å². The minimum atomic E-state index is -2.20. The second-order valence-corrected chi connectivity index (χ2v) is 6.36. The van der Waals surface area contributed by atoms with E-state index in [1.54, 1.807) is 0 Å². The van der Waals surface area contributed by atoms with E-state index in [0.29, 0.717) is 0 Å². The van der Waals surface area contributed by atoms with Crippen molar-refractivity contribution in [1.82, 2.24) is 0 Å². The topological polar surface area (TPSA) is 190 Å². The molecule has 2 saturated heterocycles. The number of aliphatic hydroxyl groups excluding tert-OH is 7. The average Bonchev–Trinajstić information content (AvgIpc) is 2.86. The van der Waals surface area contributed by atoms with Crippen molar-refractivity contribution in [3.63, 3.8) is 0 Å². The zero-order valence-corrected chi connectivity index (χ0v) is 13.5. The third-order valence-corrected chi connectivity index (χ3v) is 4.69. The Morgan fingerprint density at radius 3 is 1.96 bits per heavy atom. The highest BCUT2D eigenvalue weighted by Gasteiger charge is 2.53. The van der Waals surface area contributed by atoms with Gasteiger partial charge in [0.2, 0.25) is 5.79 Å². The van der Waals surface area contributed by atoms with Gasteiger partial charge in [0.25, 0.3) is 0 Å². The third-order valence-electron chi connectivity index (χ3n) is 4.69. The molecule has 0 spiro atoms. The molecular formula is C14H26O11. The van der Waals surface area contributed by atoms with Crippen LogP contribution in [0, 0.1) is 5.92 Å². The van der Waals surface area contributed by atoms with Gasteiger partial charge in [0.05, 0.1) is 39.1 Å². The van der Waals surface area contributed by atoms with Crippen molar-refractivity contribution in [3.05, 3.63) is 0 Å². The van der Waals surface area contributed by atoms with Gasteiger partial charge in [0, 0.05) is 5.92 Å². The van der Waals surface area contributed by atoms with Crippen LogP contribution in [-0.2, 0) is 14.2 Å². The summed E-state index contributed by atoms with van der Waals surface area (Å²) in [6.45, 7) is -2.40. The van der Waals surface area contributed by atoms with Crippen molar-refractivity contribution in [2.24, 2.45) is 5.92 Å². The van der Waals surface area contributed by atoms with Gasteiger partial charge in [-0.05, 0) is 0 Å². The Hall–Kier alpha value is -0.440. The van der Waals surface area contributed by atoms with Crippen LogP contribution < -0.4 is 0 Å². The van der Waals surface area contributed by atoms with Crippen LogP contribution >= 0.6 is 0 Å².